The number of epoxide rings is 1. The molecule has 0 amide bonds. The van der Waals surface area contributed by atoms with E-state index in [4.69, 9.17) is 4.74 Å². The summed E-state index contributed by atoms with van der Waals surface area (Å²) in [6, 6.07) is 0. The lowest BCUT2D eigenvalue weighted by atomic mass is 10.6. The fourth-order valence-corrected chi connectivity index (χ4v) is 0.419. The van der Waals surface area contributed by atoms with Crippen LogP contribution in [0.25, 0.3) is 0 Å². The molecule has 9 heavy (non-hydrogen) atoms. The molecule has 3 nitrogen and oxygen atoms in total. The average molecular weight is 128 g/mol. The van der Waals surface area contributed by atoms with Gasteiger partial charge in [-0.15, -0.1) is 0 Å². The zero-order chi connectivity index (χ0) is 6.53. The molecule has 0 spiro atoms. The Labute approximate surface area is 55.1 Å². The number of nitrogens with zero attached hydrogens (tertiary/aromatic N) is 1. The summed E-state index contributed by atoms with van der Waals surface area (Å²) in [4.78, 5) is 3.85. The summed E-state index contributed by atoms with van der Waals surface area (Å²) >= 11 is 0. The van der Waals surface area contributed by atoms with E-state index < -0.39 is 0 Å². The molecule has 2 heterocycles. The molecule has 1 N–H and O–H groups in total. The zero-order valence-electron chi connectivity index (χ0n) is 5.63. The van der Waals surface area contributed by atoms with Gasteiger partial charge in [-0.3, -0.25) is 4.99 Å². The van der Waals surface area contributed by atoms with E-state index in [2.05, 4.69) is 17.2 Å². The van der Waals surface area contributed by atoms with Crippen molar-refractivity contribution in [2.75, 3.05) is 19.7 Å². The largest absolute Gasteiger partial charge is 0.375 e. The van der Waals surface area contributed by atoms with Gasteiger partial charge in [0, 0.05) is 6.54 Å². The number of aliphatic imine (C=N–C) groups is 1. The SMILES string of the molecule is C1=NCCN1.CC1CO1. The molecular weight excluding hydrogens is 116 g/mol. The quantitative estimate of drug-likeness (QED) is 0.467. The van der Waals surface area contributed by atoms with Crippen molar-refractivity contribution in [3.8, 4) is 0 Å². The molecular formula is C6H12N2O. The topological polar surface area (TPSA) is 36.9 Å². The Balaban J connectivity index is 0.0000000922. The number of nitrogens with one attached hydrogen (secondary N) is 1. The summed E-state index contributed by atoms with van der Waals surface area (Å²) in [5.41, 5.74) is 0. The molecule has 2 aliphatic rings. The summed E-state index contributed by atoms with van der Waals surface area (Å²) in [6.45, 7) is 5.03. The third-order valence-corrected chi connectivity index (χ3v) is 1.07. The van der Waals surface area contributed by atoms with Crippen molar-refractivity contribution in [3.63, 3.8) is 0 Å². The predicted molar refractivity (Wildman–Crippen MR) is 36.8 cm³/mol. The Hall–Kier alpha value is -0.570. The summed E-state index contributed by atoms with van der Waals surface area (Å²) < 4.78 is 4.71. The first-order valence-electron chi connectivity index (χ1n) is 3.23. The summed E-state index contributed by atoms with van der Waals surface area (Å²) in [5.74, 6) is 0. The van der Waals surface area contributed by atoms with Crippen LogP contribution in [0.15, 0.2) is 4.99 Å². The molecule has 52 valence electrons. The average Bonchev–Trinajstić information content (AvgIpc) is 2.52. The highest BCUT2D eigenvalue weighted by atomic mass is 16.6. The summed E-state index contributed by atoms with van der Waals surface area (Å²) in [6.07, 6.45) is 2.32. The van der Waals surface area contributed by atoms with Gasteiger partial charge in [-0.25, -0.2) is 0 Å². The van der Waals surface area contributed by atoms with Crippen LogP contribution in [0.4, 0.5) is 0 Å². The van der Waals surface area contributed by atoms with Gasteiger partial charge < -0.3 is 10.1 Å². The van der Waals surface area contributed by atoms with Gasteiger partial charge in [0.05, 0.1) is 25.6 Å². The smallest absolute Gasteiger partial charge is 0.0825 e. The van der Waals surface area contributed by atoms with E-state index in [0.29, 0.717) is 6.10 Å². The Morgan fingerprint density at radius 2 is 2.44 bits per heavy atom. The molecule has 0 aromatic heterocycles. The first-order valence-corrected chi connectivity index (χ1v) is 3.23. The van der Waals surface area contributed by atoms with E-state index >= 15 is 0 Å². The molecule has 0 radical (unpaired) electrons. The van der Waals surface area contributed by atoms with Crippen LogP contribution in [0.2, 0.25) is 0 Å². The Morgan fingerprint density at radius 3 is 2.56 bits per heavy atom. The van der Waals surface area contributed by atoms with Crippen LogP contribution in [0, 0.1) is 0 Å². The van der Waals surface area contributed by atoms with E-state index in [1.165, 1.54) is 0 Å². The van der Waals surface area contributed by atoms with Crippen molar-refractivity contribution in [2.24, 2.45) is 4.99 Å². The van der Waals surface area contributed by atoms with E-state index in [0.717, 1.165) is 19.7 Å². The van der Waals surface area contributed by atoms with Gasteiger partial charge in [0.2, 0.25) is 0 Å². The van der Waals surface area contributed by atoms with Gasteiger partial charge >= 0.3 is 0 Å². The highest BCUT2D eigenvalue weighted by Gasteiger charge is 2.13. The Kier molecular flexibility index (Phi) is 2.51. The molecule has 1 fully saturated rings. The fourth-order valence-electron chi connectivity index (χ4n) is 0.419. The maximum atomic E-state index is 4.71. The molecule has 0 aliphatic carbocycles. The van der Waals surface area contributed by atoms with Gasteiger partial charge in [-0.05, 0) is 6.92 Å². The van der Waals surface area contributed by atoms with Crippen LogP contribution in [-0.2, 0) is 4.74 Å². The number of hydrogen-bond donors (Lipinski definition) is 1. The van der Waals surface area contributed by atoms with E-state index in [9.17, 15) is 0 Å². The maximum absolute atomic E-state index is 4.71. The molecule has 1 unspecified atom stereocenters. The standard InChI is InChI=1S/C3H6N2.C3H6O/c1-2-5-3-4-1;1-3-2-4-3/h3H,1-2H2,(H,4,5);3H,2H2,1H3. The van der Waals surface area contributed by atoms with Gasteiger partial charge in [-0.2, -0.15) is 0 Å². The monoisotopic (exact) mass is 128 g/mol. The van der Waals surface area contributed by atoms with Crippen molar-refractivity contribution in [2.45, 2.75) is 13.0 Å². The number of hydrogen-bond acceptors (Lipinski definition) is 3. The molecule has 1 saturated heterocycles. The lowest BCUT2D eigenvalue weighted by Crippen LogP contribution is -2.04. The van der Waals surface area contributed by atoms with Crippen LogP contribution >= 0.6 is 0 Å². The van der Waals surface area contributed by atoms with Crippen LogP contribution in [0.5, 0.6) is 0 Å². The predicted octanol–water partition coefficient (Wildman–Crippen LogP) is 0.0230. The van der Waals surface area contributed by atoms with Crippen molar-refractivity contribution in [1.29, 1.82) is 0 Å². The van der Waals surface area contributed by atoms with Crippen molar-refractivity contribution in [1.82, 2.24) is 5.32 Å². The van der Waals surface area contributed by atoms with Gasteiger partial charge in [0.1, 0.15) is 0 Å². The third-order valence-electron chi connectivity index (χ3n) is 1.07. The molecule has 3 heteroatoms. The molecule has 0 saturated carbocycles. The van der Waals surface area contributed by atoms with Gasteiger partial charge in [-0.1, -0.05) is 0 Å². The zero-order valence-corrected chi connectivity index (χ0v) is 5.63. The van der Waals surface area contributed by atoms with Crippen molar-refractivity contribution < 1.29 is 4.74 Å². The van der Waals surface area contributed by atoms with Gasteiger partial charge in [0.25, 0.3) is 0 Å². The third kappa shape index (κ3) is 3.97. The highest BCUT2D eigenvalue weighted by Crippen LogP contribution is 2.04. The van der Waals surface area contributed by atoms with E-state index in [1.54, 1.807) is 6.34 Å². The second-order valence-corrected chi connectivity index (χ2v) is 2.13. The minimum absolute atomic E-state index is 0.583. The Bertz CT molecular complexity index is 93.2. The first-order chi connectivity index (χ1) is 4.39. The first kappa shape index (κ1) is 6.55. The fraction of sp³-hybridized carbons (Fsp3) is 0.833. The number of ether oxygens (including phenoxy) is 1. The van der Waals surface area contributed by atoms with Crippen LogP contribution < -0.4 is 5.32 Å². The lowest BCUT2D eigenvalue weighted by molar-refractivity contribution is 0.423. The molecule has 1 atom stereocenters. The second-order valence-electron chi connectivity index (χ2n) is 2.13. The minimum atomic E-state index is 0.583. The van der Waals surface area contributed by atoms with Crippen LogP contribution in [-0.4, -0.2) is 32.1 Å². The highest BCUT2D eigenvalue weighted by molar-refractivity contribution is 5.56. The molecule has 0 bridgehead atoms. The summed E-state index contributed by atoms with van der Waals surface area (Å²) in [5, 5.41) is 2.93. The van der Waals surface area contributed by atoms with Gasteiger partial charge in [0.15, 0.2) is 0 Å². The normalized spacial score (nSPS) is 28.3. The van der Waals surface area contributed by atoms with Crippen molar-refractivity contribution >= 4 is 6.34 Å². The van der Waals surface area contributed by atoms with E-state index in [1.807, 2.05) is 0 Å². The Morgan fingerprint density at radius 1 is 1.78 bits per heavy atom. The van der Waals surface area contributed by atoms with Crippen LogP contribution in [0.3, 0.4) is 0 Å². The number of rotatable bonds is 0. The lowest BCUT2D eigenvalue weighted by Gasteiger charge is -1.75. The molecule has 0 aromatic carbocycles. The minimum Gasteiger partial charge on any atom is -0.375 e. The molecule has 2 aliphatic heterocycles. The second kappa shape index (κ2) is 3.45. The summed E-state index contributed by atoms with van der Waals surface area (Å²) in [7, 11) is 0. The maximum Gasteiger partial charge on any atom is 0.0825 e. The van der Waals surface area contributed by atoms with Crippen molar-refractivity contribution in [3.05, 3.63) is 0 Å². The molecule has 2 rings (SSSR count). The van der Waals surface area contributed by atoms with E-state index in [-0.39, 0.29) is 0 Å². The van der Waals surface area contributed by atoms with Crippen LogP contribution in [0.1, 0.15) is 6.92 Å². The molecule has 0 aromatic rings.